The van der Waals surface area contributed by atoms with E-state index in [1.54, 1.807) is 6.92 Å². The molecule has 0 aliphatic carbocycles. The molecule has 1 atom stereocenters. The van der Waals surface area contributed by atoms with Crippen LogP contribution in [0.5, 0.6) is 0 Å². The number of phosphoric acid groups is 2. The molecule has 0 aromatic heterocycles. The van der Waals surface area contributed by atoms with Gasteiger partial charge in [-0.05, 0) is 19.8 Å². The second kappa shape index (κ2) is 9.99. The van der Waals surface area contributed by atoms with Crippen LogP contribution in [0.25, 0.3) is 0 Å². The fourth-order valence-electron chi connectivity index (χ4n) is 0.535. The molecule has 0 amide bonds. The minimum atomic E-state index is -4.64. The third kappa shape index (κ3) is 140. The Morgan fingerprint density at radius 2 is 1.22 bits per heavy atom. The standard InChI is InChI=1S/C6H15NO.2H3O4P/c1-3-4-5-6(2,7)8;2*1-5(2,3)4/h8H,3-5,7H2,1-2H3;2*(H3,1,2,3,4). The van der Waals surface area contributed by atoms with Crippen molar-refractivity contribution in [1.82, 2.24) is 0 Å². The topological polar surface area (TPSA) is 202 Å². The molecule has 10 nitrogen and oxygen atoms in total. The number of hydrogen-bond acceptors (Lipinski definition) is 4. The highest BCUT2D eigenvalue weighted by molar-refractivity contribution is 7.45. The molecule has 18 heavy (non-hydrogen) atoms. The monoisotopic (exact) mass is 313 g/mol. The lowest BCUT2D eigenvalue weighted by Crippen LogP contribution is -2.35. The van der Waals surface area contributed by atoms with Crippen LogP contribution in [0.1, 0.15) is 33.1 Å². The summed E-state index contributed by atoms with van der Waals surface area (Å²) in [5, 5.41) is 8.93. The van der Waals surface area contributed by atoms with Crippen molar-refractivity contribution in [3.63, 3.8) is 0 Å². The van der Waals surface area contributed by atoms with E-state index in [9.17, 15) is 0 Å². The highest BCUT2D eigenvalue weighted by atomic mass is 31.2. The summed E-state index contributed by atoms with van der Waals surface area (Å²) in [6.45, 7) is 3.70. The van der Waals surface area contributed by atoms with Gasteiger partial charge in [0.05, 0.1) is 0 Å². The number of aliphatic hydroxyl groups is 1. The van der Waals surface area contributed by atoms with Crippen LogP contribution in [0.2, 0.25) is 0 Å². The van der Waals surface area contributed by atoms with Crippen molar-refractivity contribution in [3.05, 3.63) is 0 Å². The molecular formula is C6H21NO9P2. The third-order valence-electron chi connectivity index (χ3n) is 1.04. The molecule has 0 bridgehead atoms. The first kappa shape index (κ1) is 23.2. The minimum absolute atomic E-state index is 0.698. The Morgan fingerprint density at radius 1 is 1.00 bits per heavy atom. The van der Waals surface area contributed by atoms with Crippen molar-refractivity contribution in [1.29, 1.82) is 0 Å². The van der Waals surface area contributed by atoms with Gasteiger partial charge in [-0.15, -0.1) is 0 Å². The number of nitrogens with two attached hydrogens (primary N) is 1. The van der Waals surface area contributed by atoms with Gasteiger partial charge < -0.3 is 40.2 Å². The molecule has 0 spiro atoms. The van der Waals surface area contributed by atoms with Crippen LogP contribution in [0.3, 0.4) is 0 Å². The fourth-order valence-corrected chi connectivity index (χ4v) is 0.535. The Morgan fingerprint density at radius 3 is 1.28 bits per heavy atom. The summed E-state index contributed by atoms with van der Waals surface area (Å²) in [4.78, 5) is 43.1. The van der Waals surface area contributed by atoms with Crippen molar-refractivity contribution >= 4 is 15.6 Å². The maximum absolute atomic E-state index is 8.93. The van der Waals surface area contributed by atoms with Gasteiger partial charge in [-0.3, -0.25) is 0 Å². The lowest BCUT2D eigenvalue weighted by atomic mass is 10.1. The SMILES string of the molecule is CCCCC(C)(N)O.O=P(O)(O)O.O=P(O)(O)O. The van der Waals surface area contributed by atoms with E-state index < -0.39 is 21.4 Å². The molecule has 0 saturated heterocycles. The van der Waals surface area contributed by atoms with Gasteiger partial charge in [0.25, 0.3) is 0 Å². The van der Waals surface area contributed by atoms with Gasteiger partial charge in [-0.1, -0.05) is 13.3 Å². The average Bonchev–Trinajstić information content (AvgIpc) is 1.92. The van der Waals surface area contributed by atoms with Crippen LogP contribution < -0.4 is 5.73 Å². The molecule has 0 aromatic carbocycles. The molecule has 1 unspecified atom stereocenters. The Labute approximate surface area is 105 Å². The summed E-state index contributed by atoms with van der Waals surface area (Å²) >= 11 is 0. The van der Waals surface area contributed by atoms with Crippen molar-refractivity contribution < 1.29 is 43.6 Å². The maximum Gasteiger partial charge on any atom is 0.466 e. The van der Waals surface area contributed by atoms with Crippen LogP contribution in [-0.4, -0.2) is 40.2 Å². The first-order valence-corrected chi connectivity index (χ1v) is 7.77. The van der Waals surface area contributed by atoms with Crippen molar-refractivity contribution in [3.8, 4) is 0 Å². The number of rotatable bonds is 3. The van der Waals surface area contributed by atoms with Gasteiger partial charge in [0.2, 0.25) is 0 Å². The largest absolute Gasteiger partial charge is 0.466 e. The van der Waals surface area contributed by atoms with Crippen molar-refractivity contribution in [2.24, 2.45) is 5.73 Å². The average molecular weight is 313 g/mol. The van der Waals surface area contributed by atoms with Crippen LogP contribution >= 0.6 is 15.6 Å². The molecule has 12 heteroatoms. The van der Waals surface area contributed by atoms with Crippen molar-refractivity contribution in [2.75, 3.05) is 0 Å². The Balaban J connectivity index is -0.000000197. The second-order valence-electron chi connectivity index (χ2n) is 3.49. The highest BCUT2D eigenvalue weighted by Crippen LogP contribution is 2.26. The lowest BCUT2D eigenvalue weighted by molar-refractivity contribution is 0.0556. The van der Waals surface area contributed by atoms with E-state index in [1.807, 2.05) is 0 Å². The molecule has 0 radical (unpaired) electrons. The number of hydrogen-bond donors (Lipinski definition) is 8. The Kier molecular flexibility index (Phi) is 12.9. The molecule has 0 aliphatic heterocycles. The van der Waals surface area contributed by atoms with E-state index in [0.717, 1.165) is 12.8 Å². The lowest BCUT2D eigenvalue weighted by Gasteiger charge is -2.15. The van der Waals surface area contributed by atoms with Gasteiger partial charge in [0.1, 0.15) is 5.72 Å². The number of unbranched alkanes of at least 4 members (excludes halogenated alkanes) is 1. The zero-order valence-corrected chi connectivity index (χ0v) is 11.8. The quantitative estimate of drug-likeness (QED) is 0.235. The zero-order chi connectivity index (χ0) is 15.6. The molecule has 0 saturated carbocycles. The second-order valence-corrected chi connectivity index (χ2v) is 5.54. The van der Waals surface area contributed by atoms with E-state index in [4.69, 9.17) is 49.3 Å². The summed E-state index contributed by atoms with van der Waals surface area (Å²) in [7, 11) is -9.28. The minimum Gasteiger partial charge on any atom is -0.376 e. The van der Waals surface area contributed by atoms with Crippen LogP contribution in [0, 0.1) is 0 Å². The van der Waals surface area contributed by atoms with E-state index in [0.29, 0.717) is 6.42 Å². The molecular weight excluding hydrogens is 292 g/mol. The Hall–Kier alpha value is 0.140. The van der Waals surface area contributed by atoms with Gasteiger partial charge in [-0.2, -0.15) is 0 Å². The van der Waals surface area contributed by atoms with E-state index >= 15 is 0 Å². The van der Waals surface area contributed by atoms with Crippen molar-refractivity contribution in [2.45, 2.75) is 38.8 Å². The molecule has 114 valence electrons. The first-order valence-electron chi connectivity index (χ1n) is 4.64. The third-order valence-corrected chi connectivity index (χ3v) is 1.04. The summed E-state index contributed by atoms with van der Waals surface area (Å²) < 4.78 is 17.8. The molecule has 0 fully saturated rings. The highest BCUT2D eigenvalue weighted by Gasteiger charge is 2.10. The van der Waals surface area contributed by atoms with Crippen LogP contribution in [0.4, 0.5) is 0 Å². The van der Waals surface area contributed by atoms with Gasteiger partial charge in [0, 0.05) is 0 Å². The normalized spacial score (nSPS) is 14.6. The predicted octanol–water partition coefficient (Wildman–Crippen LogP) is -1.01. The zero-order valence-electron chi connectivity index (χ0n) is 10.0. The van der Waals surface area contributed by atoms with Crippen LogP contribution in [0.15, 0.2) is 0 Å². The summed E-state index contributed by atoms with van der Waals surface area (Å²) in [6.07, 6.45) is 2.79. The van der Waals surface area contributed by atoms with Gasteiger partial charge in [0.15, 0.2) is 0 Å². The molecule has 0 aliphatic rings. The van der Waals surface area contributed by atoms with E-state index in [2.05, 4.69) is 6.92 Å². The summed E-state index contributed by atoms with van der Waals surface area (Å²) in [6, 6.07) is 0. The Bertz CT molecular complexity index is 241. The molecule has 0 heterocycles. The summed E-state index contributed by atoms with van der Waals surface area (Å²) in [5.74, 6) is 0. The van der Waals surface area contributed by atoms with E-state index in [-0.39, 0.29) is 0 Å². The van der Waals surface area contributed by atoms with Gasteiger partial charge in [-0.25, -0.2) is 9.13 Å². The summed E-state index contributed by atoms with van der Waals surface area (Å²) in [5.41, 5.74) is 4.33. The van der Waals surface area contributed by atoms with Gasteiger partial charge >= 0.3 is 15.6 Å². The fraction of sp³-hybridized carbons (Fsp3) is 1.00. The molecule has 9 N–H and O–H groups in total. The maximum atomic E-state index is 8.93. The van der Waals surface area contributed by atoms with Crippen LogP contribution in [-0.2, 0) is 9.13 Å². The predicted molar refractivity (Wildman–Crippen MR) is 62.9 cm³/mol. The molecule has 0 aromatic rings. The first-order chi connectivity index (χ1) is 7.56. The molecule has 0 rings (SSSR count). The van der Waals surface area contributed by atoms with E-state index in [1.165, 1.54) is 0 Å². The smallest absolute Gasteiger partial charge is 0.376 e.